The van der Waals surface area contributed by atoms with Crippen LogP contribution in [0.4, 0.5) is 0 Å². The van der Waals surface area contributed by atoms with Crippen LogP contribution in [0.15, 0.2) is 6.07 Å². The van der Waals surface area contributed by atoms with Crippen molar-refractivity contribution < 1.29 is 9.90 Å². The number of nitrogens with zero attached hydrogens (tertiary/aromatic N) is 3. The summed E-state index contributed by atoms with van der Waals surface area (Å²) in [6.07, 6.45) is 0. The van der Waals surface area contributed by atoms with Crippen LogP contribution in [0.2, 0.25) is 0 Å². The molecular weight excluding hydrogens is 316 g/mol. The summed E-state index contributed by atoms with van der Waals surface area (Å²) < 4.78 is 1.89. The maximum absolute atomic E-state index is 12.9. The molecule has 0 bridgehead atoms. The smallest absolute Gasteiger partial charge is 0.252 e. The standard InChI is InChI=1S/C19H30N4O2/c1-11(2)14-9-13(17(25)21-19(7,8)10-24)15-12(3)22-23(16(15)20-14)18(4,5)6/h9,11,24H,10H2,1-8H3,(H,21,25). The van der Waals surface area contributed by atoms with Gasteiger partial charge >= 0.3 is 0 Å². The maximum atomic E-state index is 12.9. The first-order chi connectivity index (χ1) is 11.4. The van der Waals surface area contributed by atoms with E-state index in [1.54, 1.807) is 13.8 Å². The Morgan fingerprint density at radius 2 is 1.88 bits per heavy atom. The lowest BCUT2D eigenvalue weighted by Crippen LogP contribution is -2.46. The fourth-order valence-corrected chi connectivity index (χ4v) is 2.67. The number of aromatic nitrogens is 3. The van der Waals surface area contributed by atoms with Crippen LogP contribution in [0.1, 0.15) is 76.1 Å². The van der Waals surface area contributed by atoms with Gasteiger partial charge in [0.05, 0.1) is 34.3 Å². The van der Waals surface area contributed by atoms with Crippen molar-refractivity contribution in [3.05, 3.63) is 23.0 Å². The molecule has 0 spiro atoms. The minimum Gasteiger partial charge on any atom is -0.394 e. The van der Waals surface area contributed by atoms with Gasteiger partial charge in [0.25, 0.3) is 5.91 Å². The van der Waals surface area contributed by atoms with E-state index in [0.717, 1.165) is 22.4 Å². The molecule has 0 radical (unpaired) electrons. The van der Waals surface area contributed by atoms with Crippen molar-refractivity contribution >= 4 is 16.9 Å². The predicted molar refractivity (Wildman–Crippen MR) is 100.0 cm³/mol. The normalized spacial score (nSPS) is 12.9. The van der Waals surface area contributed by atoms with E-state index in [9.17, 15) is 9.90 Å². The van der Waals surface area contributed by atoms with Gasteiger partial charge in [0, 0.05) is 5.69 Å². The Bertz CT molecular complexity index is 798. The number of carbonyl (C=O) groups excluding carboxylic acids is 1. The molecule has 6 nitrogen and oxygen atoms in total. The first-order valence-electron chi connectivity index (χ1n) is 8.71. The Balaban J connectivity index is 2.74. The molecule has 0 saturated carbocycles. The number of aryl methyl sites for hydroxylation is 1. The summed E-state index contributed by atoms with van der Waals surface area (Å²) >= 11 is 0. The van der Waals surface area contributed by atoms with E-state index in [1.807, 2.05) is 17.7 Å². The van der Waals surface area contributed by atoms with E-state index in [1.165, 1.54) is 0 Å². The molecule has 0 unspecified atom stereocenters. The second-order valence-corrected chi connectivity index (χ2v) is 8.61. The van der Waals surface area contributed by atoms with Crippen LogP contribution >= 0.6 is 0 Å². The molecule has 0 aliphatic rings. The Kier molecular flexibility index (Phi) is 4.97. The summed E-state index contributed by atoms with van der Waals surface area (Å²) in [6, 6.07) is 1.84. The van der Waals surface area contributed by atoms with Crippen LogP contribution in [-0.4, -0.2) is 37.9 Å². The number of nitrogens with one attached hydrogen (secondary N) is 1. The molecule has 2 rings (SSSR count). The molecule has 2 aromatic rings. The van der Waals surface area contributed by atoms with Crippen LogP contribution < -0.4 is 5.32 Å². The molecule has 0 aliphatic carbocycles. The number of amides is 1. The van der Waals surface area contributed by atoms with Crippen LogP contribution in [-0.2, 0) is 5.54 Å². The first kappa shape index (κ1) is 19.4. The van der Waals surface area contributed by atoms with Crippen molar-refractivity contribution in [2.45, 2.75) is 72.4 Å². The molecule has 138 valence electrons. The van der Waals surface area contributed by atoms with Gasteiger partial charge in [-0.3, -0.25) is 4.79 Å². The minimum absolute atomic E-state index is 0.135. The fraction of sp³-hybridized carbons (Fsp3) is 0.632. The molecule has 1 amide bonds. The number of pyridine rings is 1. The van der Waals surface area contributed by atoms with Gasteiger partial charge in [0.2, 0.25) is 0 Å². The van der Waals surface area contributed by atoms with Gasteiger partial charge in [-0.2, -0.15) is 5.10 Å². The molecule has 0 fully saturated rings. The monoisotopic (exact) mass is 346 g/mol. The molecule has 2 heterocycles. The summed E-state index contributed by atoms with van der Waals surface area (Å²) in [5, 5.41) is 17.8. The van der Waals surface area contributed by atoms with Gasteiger partial charge in [-0.25, -0.2) is 9.67 Å². The third-order valence-electron chi connectivity index (χ3n) is 4.15. The molecule has 0 saturated heterocycles. The van der Waals surface area contributed by atoms with E-state index < -0.39 is 5.54 Å². The zero-order valence-electron chi connectivity index (χ0n) is 16.6. The lowest BCUT2D eigenvalue weighted by molar-refractivity contribution is 0.0871. The van der Waals surface area contributed by atoms with E-state index >= 15 is 0 Å². The Morgan fingerprint density at radius 1 is 1.28 bits per heavy atom. The molecule has 2 aromatic heterocycles. The van der Waals surface area contributed by atoms with Gasteiger partial charge in [0.15, 0.2) is 5.65 Å². The molecule has 0 aliphatic heterocycles. The van der Waals surface area contributed by atoms with Gasteiger partial charge < -0.3 is 10.4 Å². The average Bonchev–Trinajstić information content (AvgIpc) is 2.83. The largest absolute Gasteiger partial charge is 0.394 e. The Labute approximate surface area is 149 Å². The Morgan fingerprint density at radius 3 is 2.36 bits per heavy atom. The van der Waals surface area contributed by atoms with Crippen molar-refractivity contribution in [3.8, 4) is 0 Å². The van der Waals surface area contributed by atoms with Crippen molar-refractivity contribution in [1.82, 2.24) is 20.1 Å². The lowest BCUT2D eigenvalue weighted by atomic mass is 10.0. The SMILES string of the molecule is Cc1nn(C(C)(C)C)c2nc(C(C)C)cc(C(=O)NC(C)(C)CO)c12. The second kappa shape index (κ2) is 6.41. The van der Waals surface area contributed by atoms with E-state index in [2.05, 4.69) is 45.0 Å². The van der Waals surface area contributed by atoms with Crippen molar-refractivity contribution in [3.63, 3.8) is 0 Å². The third-order valence-corrected chi connectivity index (χ3v) is 4.15. The lowest BCUT2D eigenvalue weighted by Gasteiger charge is -2.24. The molecule has 6 heteroatoms. The number of fused-ring (bicyclic) bond motifs is 1. The van der Waals surface area contributed by atoms with Gasteiger partial charge in [-0.1, -0.05) is 13.8 Å². The summed E-state index contributed by atoms with van der Waals surface area (Å²) in [5.41, 5.74) is 1.97. The van der Waals surface area contributed by atoms with Crippen molar-refractivity contribution in [1.29, 1.82) is 0 Å². The summed E-state index contributed by atoms with van der Waals surface area (Å²) in [5.74, 6) is -0.0321. The van der Waals surface area contributed by atoms with Crippen LogP contribution in [0, 0.1) is 6.92 Å². The fourth-order valence-electron chi connectivity index (χ4n) is 2.67. The van der Waals surface area contributed by atoms with E-state index in [4.69, 9.17) is 4.98 Å². The van der Waals surface area contributed by atoms with Crippen molar-refractivity contribution in [2.24, 2.45) is 0 Å². The van der Waals surface area contributed by atoms with Crippen molar-refractivity contribution in [2.75, 3.05) is 6.61 Å². The first-order valence-corrected chi connectivity index (χ1v) is 8.71. The van der Waals surface area contributed by atoms with Crippen LogP contribution in [0.3, 0.4) is 0 Å². The highest BCUT2D eigenvalue weighted by Gasteiger charge is 2.27. The van der Waals surface area contributed by atoms with E-state index in [0.29, 0.717) is 5.56 Å². The third kappa shape index (κ3) is 3.84. The number of aliphatic hydroxyl groups is 1. The number of rotatable bonds is 4. The van der Waals surface area contributed by atoms with E-state index in [-0.39, 0.29) is 24.0 Å². The van der Waals surface area contributed by atoms with Crippen LogP contribution in [0.5, 0.6) is 0 Å². The topological polar surface area (TPSA) is 80.0 Å². The average molecular weight is 346 g/mol. The second-order valence-electron chi connectivity index (χ2n) is 8.61. The van der Waals surface area contributed by atoms with Gasteiger partial charge in [0.1, 0.15) is 0 Å². The van der Waals surface area contributed by atoms with Gasteiger partial charge in [-0.15, -0.1) is 0 Å². The summed E-state index contributed by atoms with van der Waals surface area (Å²) in [6.45, 7) is 15.7. The predicted octanol–water partition coefficient (Wildman–Crippen LogP) is 3.12. The minimum atomic E-state index is -0.696. The maximum Gasteiger partial charge on any atom is 0.252 e. The summed E-state index contributed by atoms with van der Waals surface area (Å²) in [7, 11) is 0. The highest BCUT2D eigenvalue weighted by molar-refractivity contribution is 6.06. The number of hydrogen-bond acceptors (Lipinski definition) is 4. The highest BCUT2D eigenvalue weighted by Crippen LogP contribution is 2.29. The molecular formula is C19H30N4O2. The molecule has 2 N–H and O–H groups in total. The zero-order valence-corrected chi connectivity index (χ0v) is 16.6. The van der Waals surface area contributed by atoms with Gasteiger partial charge in [-0.05, 0) is 53.5 Å². The molecule has 0 atom stereocenters. The number of aliphatic hydroxyl groups excluding tert-OH is 1. The number of carbonyl (C=O) groups is 1. The quantitative estimate of drug-likeness (QED) is 0.891. The van der Waals surface area contributed by atoms with Crippen LogP contribution in [0.25, 0.3) is 11.0 Å². The molecule has 25 heavy (non-hydrogen) atoms. The zero-order chi connectivity index (χ0) is 19.2. The number of hydrogen-bond donors (Lipinski definition) is 2. The molecule has 0 aromatic carbocycles. The highest BCUT2D eigenvalue weighted by atomic mass is 16.3. The summed E-state index contributed by atoms with van der Waals surface area (Å²) in [4.78, 5) is 17.7. The Hall–Kier alpha value is -1.95.